The summed E-state index contributed by atoms with van der Waals surface area (Å²) in [5, 5.41) is 0. The van der Waals surface area contributed by atoms with Gasteiger partial charge in [0.05, 0.1) is 0 Å². The summed E-state index contributed by atoms with van der Waals surface area (Å²) in [5.74, 6) is -0.927. The van der Waals surface area contributed by atoms with Gasteiger partial charge in [-0.1, -0.05) is 285 Å². The first kappa shape index (κ1) is 75.3. The summed E-state index contributed by atoms with van der Waals surface area (Å²) in [7, 11) is 0. The van der Waals surface area contributed by atoms with Crippen molar-refractivity contribution in [2.75, 3.05) is 13.2 Å². The number of hydrogen-bond acceptors (Lipinski definition) is 6. The summed E-state index contributed by atoms with van der Waals surface area (Å²) in [6.45, 7) is 6.50. The SMILES string of the molecule is CC/C=C\C/C=C\C/C=C\C/C=C\CCCCC(=O)OCC(COC(=O)CCCCCCCCCCCCCC/C=C\C/C=C\C/C=C\CCCCCCC)OC(=O)CCCCCCCCCCC/C=C\CCCCCCCC. The second kappa shape index (κ2) is 66.8. The average Bonchev–Trinajstić information content (AvgIpc) is 3.45. The zero-order valence-electron chi connectivity index (χ0n) is 52.1. The van der Waals surface area contributed by atoms with Crippen LogP contribution in [-0.2, 0) is 28.6 Å². The van der Waals surface area contributed by atoms with Gasteiger partial charge in [-0.3, -0.25) is 14.4 Å². The molecule has 1 atom stereocenters. The van der Waals surface area contributed by atoms with Crippen molar-refractivity contribution < 1.29 is 28.6 Å². The number of hydrogen-bond donors (Lipinski definition) is 0. The molecule has 6 nitrogen and oxygen atoms in total. The first-order valence-electron chi connectivity index (χ1n) is 33.7. The number of ether oxygens (including phenoxy) is 3. The van der Waals surface area contributed by atoms with Crippen LogP contribution < -0.4 is 0 Å². The van der Waals surface area contributed by atoms with Crippen LogP contribution in [-0.4, -0.2) is 37.2 Å². The number of carbonyl (C=O) groups excluding carboxylic acids is 3. The van der Waals surface area contributed by atoms with Gasteiger partial charge in [0, 0.05) is 19.3 Å². The molecule has 0 aromatic carbocycles. The van der Waals surface area contributed by atoms with Crippen molar-refractivity contribution in [3.8, 4) is 0 Å². The molecule has 0 bridgehead atoms. The molecular formula is C73H126O6. The van der Waals surface area contributed by atoms with Crippen LogP contribution in [0.2, 0.25) is 0 Å². The van der Waals surface area contributed by atoms with E-state index in [1.807, 2.05) is 0 Å². The number of allylic oxidation sites excluding steroid dienone is 16. The Kier molecular flexibility index (Phi) is 63.7. The highest BCUT2D eigenvalue weighted by Crippen LogP contribution is 2.16. The Morgan fingerprint density at radius 2 is 0.494 bits per heavy atom. The van der Waals surface area contributed by atoms with Gasteiger partial charge in [-0.2, -0.15) is 0 Å². The minimum Gasteiger partial charge on any atom is -0.462 e. The van der Waals surface area contributed by atoms with Crippen LogP contribution >= 0.6 is 0 Å². The number of esters is 3. The molecule has 0 saturated carbocycles. The second-order valence-electron chi connectivity index (χ2n) is 22.3. The Morgan fingerprint density at radius 3 is 0.810 bits per heavy atom. The quantitative estimate of drug-likeness (QED) is 0.0261. The topological polar surface area (TPSA) is 78.9 Å². The lowest BCUT2D eigenvalue weighted by atomic mass is 10.0. The van der Waals surface area contributed by atoms with Gasteiger partial charge >= 0.3 is 17.9 Å². The van der Waals surface area contributed by atoms with Crippen LogP contribution in [0.5, 0.6) is 0 Å². The molecule has 1 unspecified atom stereocenters. The molecule has 0 radical (unpaired) electrons. The fourth-order valence-corrected chi connectivity index (χ4v) is 9.50. The van der Waals surface area contributed by atoms with Gasteiger partial charge in [-0.05, 0) is 122 Å². The number of unbranched alkanes of at least 4 members (excludes halogenated alkanes) is 34. The lowest BCUT2D eigenvalue weighted by molar-refractivity contribution is -0.167. The molecular weight excluding hydrogens is 973 g/mol. The predicted octanol–water partition coefficient (Wildman–Crippen LogP) is 23.2. The largest absolute Gasteiger partial charge is 0.462 e. The molecule has 0 fully saturated rings. The Balaban J connectivity index is 4.34. The molecule has 0 N–H and O–H groups in total. The van der Waals surface area contributed by atoms with Crippen LogP contribution in [0, 0.1) is 0 Å². The van der Waals surface area contributed by atoms with Gasteiger partial charge in [-0.25, -0.2) is 0 Å². The van der Waals surface area contributed by atoms with Crippen LogP contribution in [0.1, 0.15) is 329 Å². The van der Waals surface area contributed by atoms with Crippen LogP contribution in [0.3, 0.4) is 0 Å². The molecule has 0 rings (SSSR count). The third-order valence-corrected chi connectivity index (χ3v) is 14.5. The average molecular weight is 1100 g/mol. The van der Waals surface area contributed by atoms with Gasteiger partial charge in [0.1, 0.15) is 13.2 Å². The first-order valence-corrected chi connectivity index (χ1v) is 33.7. The van der Waals surface area contributed by atoms with Crippen molar-refractivity contribution in [1.29, 1.82) is 0 Å². The van der Waals surface area contributed by atoms with Crippen molar-refractivity contribution >= 4 is 17.9 Å². The van der Waals surface area contributed by atoms with Crippen LogP contribution in [0.15, 0.2) is 97.2 Å². The normalized spacial score (nSPS) is 12.7. The van der Waals surface area contributed by atoms with Crippen LogP contribution in [0.4, 0.5) is 0 Å². The molecule has 0 heterocycles. The number of rotatable bonds is 61. The van der Waals surface area contributed by atoms with Crippen molar-refractivity contribution in [3.63, 3.8) is 0 Å². The molecule has 6 heteroatoms. The van der Waals surface area contributed by atoms with Gasteiger partial charge in [0.15, 0.2) is 6.10 Å². The van der Waals surface area contributed by atoms with Gasteiger partial charge in [0.25, 0.3) is 0 Å². The van der Waals surface area contributed by atoms with Gasteiger partial charge in [-0.15, -0.1) is 0 Å². The fraction of sp³-hybridized carbons (Fsp3) is 0.740. The van der Waals surface area contributed by atoms with E-state index < -0.39 is 6.10 Å². The molecule has 0 aromatic rings. The zero-order chi connectivity index (χ0) is 57.1. The highest BCUT2D eigenvalue weighted by atomic mass is 16.6. The van der Waals surface area contributed by atoms with Gasteiger partial charge < -0.3 is 14.2 Å². The maximum atomic E-state index is 12.9. The lowest BCUT2D eigenvalue weighted by Gasteiger charge is -2.18. The monoisotopic (exact) mass is 1100 g/mol. The highest BCUT2D eigenvalue weighted by molar-refractivity contribution is 5.71. The molecule has 454 valence electrons. The molecule has 0 aliphatic rings. The lowest BCUT2D eigenvalue weighted by Crippen LogP contribution is -2.30. The zero-order valence-corrected chi connectivity index (χ0v) is 52.1. The number of carbonyl (C=O) groups is 3. The summed E-state index contributed by atoms with van der Waals surface area (Å²) in [6, 6.07) is 0. The molecule has 0 aliphatic heterocycles. The van der Waals surface area contributed by atoms with E-state index in [1.165, 1.54) is 193 Å². The Bertz CT molecular complexity index is 1540. The Morgan fingerprint density at radius 1 is 0.266 bits per heavy atom. The Labute approximate surface area is 489 Å². The highest BCUT2D eigenvalue weighted by Gasteiger charge is 2.19. The van der Waals surface area contributed by atoms with E-state index in [-0.39, 0.29) is 31.1 Å². The van der Waals surface area contributed by atoms with Crippen molar-refractivity contribution in [2.24, 2.45) is 0 Å². The minimum absolute atomic E-state index is 0.0914. The summed E-state index contributed by atoms with van der Waals surface area (Å²) < 4.78 is 16.9. The smallest absolute Gasteiger partial charge is 0.306 e. The van der Waals surface area contributed by atoms with Crippen LogP contribution in [0.25, 0.3) is 0 Å². The summed E-state index contributed by atoms with van der Waals surface area (Å²) >= 11 is 0. The fourth-order valence-electron chi connectivity index (χ4n) is 9.50. The molecule has 79 heavy (non-hydrogen) atoms. The maximum absolute atomic E-state index is 12.9. The van der Waals surface area contributed by atoms with Crippen molar-refractivity contribution in [3.05, 3.63) is 97.2 Å². The first-order chi connectivity index (χ1) is 39.0. The second-order valence-corrected chi connectivity index (χ2v) is 22.3. The van der Waals surface area contributed by atoms with E-state index >= 15 is 0 Å². The molecule has 0 aliphatic carbocycles. The summed E-state index contributed by atoms with van der Waals surface area (Å²) in [5.41, 5.74) is 0. The minimum atomic E-state index is -0.798. The van der Waals surface area contributed by atoms with E-state index in [0.717, 1.165) is 96.3 Å². The van der Waals surface area contributed by atoms with E-state index in [9.17, 15) is 14.4 Å². The third kappa shape index (κ3) is 65.0. The standard InChI is InChI=1S/C73H126O6/c1-4-7-10-13-16-19-22-25-28-30-32-33-34-35-36-37-38-39-41-42-45-48-51-54-57-60-63-66-72(75)78-69-70(68-77-71(74)65-62-59-56-53-50-47-44-27-24-21-18-15-12-9-6-3)79-73(76)67-64-61-58-55-52-49-46-43-40-31-29-26-23-20-17-14-11-8-5-2/h9,12,18,21-22,25-27,29-30,32,34-35,44,50,53,70H,4-8,10-11,13-17,19-20,23-24,28,31,33,36-43,45-49,51-52,54-69H2,1-3H3/b12-9-,21-18-,25-22-,29-26-,32-30-,35-34-,44-27-,53-50-. The predicted molar refractivity (Wildman–Crippen MR) is 344 cm³/mol. The summed E-state index contributed by atoms with van der Waals surface area (Å²) in [6.07, 6.45) is 90.0. The van der Waals surface area contributed by atoms with E-state index in [4.69, 9.17) is 14.2 Å². The molecule has 0 spiro atoms. The molecule has 0 amide bonds. The van der Waals surface area contributed by atoms with Crippen molar-refractivity contribution in [2.45, 2.75) is 335 Å². The molecule has 0 saturated heterocycles. The van der Waals surface area contributed by atoms with Gasteiger partial charge in [0.2, 0.25) is 0 Å². The van der Waals surface area contributed by atoms with E-state index in [2.05, 4.69) is 118 Å². The van der Waals surface area contributed by atoms with Crippen molar-refractivity contribution in [1.82, 2.24) is 0 Å². The third-order valence-electron chi connectivity index (χ3n) is 14.5. The van der Waals surface area contributed by atoms with E-state index in [1.54, 1.807) is 0 Å². The maximum Gasteiger partial charge on any atom is 0.306 e. The van der Waals surface area contributed by atoms with E-state index in [0.29, 0.717) is 19.3 Å². The summed E-state index contributed by atoms with van der Waals surface area (Å²) in [4.78, 5) is 38.4. The Hall–Kier alpha value is -3.67. The molecule has 0 aromatic heterocycles.